The second-order valence-corrected chi connectivity index (χ2v) is 7.48. The van der Waals surface area contributed by atoms with Gasteiger partial charge in [-0.2, -0.15) is 0 Å². The van der Waals surface area contributed by atoms with E-state index in [1.807, 2.05) is 18.2 Å². The molecule has 2 rings (SSSR count). The van der Waals surface area contributed by atoms with E-state index in [9.17, 15) is 0 Å². The van der Waals surface area contributed by atoms with Crippen LogP contribution in [-0.4, -0.2) is 12.1 Å². The summed E-state index contributed by atoms with van der Waals surface area (Å²) in [5, 5.41) is 5.23. The molecule has 1 nitrogen and oxygen atoms in total. The van der Waals surface area contributed by atoms with Gasteiger partial charge in [0.25, 0.3) is 0 Å². The highest BCUT2D eigenvalue weighted by molar-refractivity contribution is 6.36. The Labute approximate surface area is 126 Å². The number of nitrogens with one attached hydrogen (secondary N) is 1. The van der Waals surface area contributed by atoms with Gasteiger partial charge >= 0.3 is 0 Å². The fourth-order valence-electron chi connectivity index (χ4n) is 2.92. The van der Waals surface area contributed by atoms with E-state index in [0.29, 0.717) is 5.92 Å². The van der Waals surface area contributed by atoms with Gasteiger partial charge < -0.3 is 5.32 Å². The number of hydrogen-bond donors (Lipinski definition) is 1. The van der Waals surface area contributed by atoms with Crippen LogP contribution in [-0.2, 0) is 5.41 Å². The second-order valence-electron chi connectivity index (χ2n) is 6.67. The van der Waals surface area contributed by atoms with Crippen LogP contribution in [0, 0.1) is 5.92 Å². The molecule has 0 amide bonds. The molecule has 0 radical (unpaired) electrons. The predicted molar refractivity (Wildman–Crippen MR) is 84.3 cm³/mol. The molecular formula is C16H23Cl2N. The average molecular weight is 300 g/mol. The second kappa shape index (κ2) is 5.27. The largest absolute Gasteiger partial charge is 0.311 e. The van der Waals surface area contributed by atoms with Gasteiger partial charge in [-0.15, -0.1) is 0 Å². The quantitative estimate of drug-likeness (QED) is 0.820. The minimum absolute atomic E-state index is 0.113. The third kappa shape index (κ3) is 3.09. The van der Waals surface area contributed by atoms with Crippen molar-refractivity contribution >= 4 is 23.2 Å². The van der Waals surface area contributed by atoms with Crippen molar-refractivity contribution in [3.8, 4) is 0 Å². The zero-order chi connectivity index (χ0) is 14.3. The van der Waals surface area contributed by atoms with Crippen molar-refractivity contribution in [3.05, 3.63) is 33.8 Å². The summed E-state index contributed by atoms with van der Waals surface area (Å²) in [5.41, 5.74) is 1.38. The lowest BCUT2D eigenvalue weighted by Gasteiger charge is -2.27. The first kappa shape index (κ1) is 15.2. The molecule has 0 saturated heterocycles. The number of hydrogen-bond acceptors (Lipinski definition) is 1. The fourth-order valence-corrected chi connectivity index (χ4v) is 3.70. The van der Waals surface area contributed by atoms with Crippen LogP contribution in [0.1, 0.15) is 46.1 Å². The van der Waals surface area contributed by atoms with Crippen LogP contribution in [0.5, 0.6) is 0 Å². The Morgan fingerprint density at radius 2 is 1.84 bits per heavy atom. The molecule has 1 N–H and O–H groups in total. The summed E-state index contributed by atoms with van der Waals surface area (Å²) < 4.78 is 0. The number of halogens is 2. The summed E-state index contributed by atoms with van der Waals surface area (Å²) in [4.78, 5) is 0. The Hall–Kier alpha value is -0.240. The van der Waals surface area contributed by atoms with Crippen molar-refractivity contribution in [1.82, 2.24) is 5.32 Å². The molecule has 0 bridgehead atoms. The molecule has 3 heteroatoms. The molecule has 1 aromatic rings. The summed E-state index contributed by atoms with van der Waals surface area (Å²) in [6.45, 7) is 9.77. The zero-order valence-corrected chi connectivity index (χ0v) is 13.7. The smallest absolute Gasteiger partial charge is 0.0459 e. The van der Waals surface area contributed by atoms with Gasteiger partial charge in [-0.1, -0.05) is 42.6 Å². The summed E-state index contributed by atoms with van der Waals surface area (Å²) in [7, 11) is 0. The van der Waals surface area contributed by atoms with Crippen LogP contribution in [0.3, 0.4) is 0 Å². The predicted octanol–water partition coefficient (Wildman–Crippen LogP) is 5.05. The van der Waals surface area contributed by atoms with Gasteiger partial charge in [0.05, 0.1) is 0 Å². The highest BCUT2D eigenvalue weighted by atomic mass is 35.5. The van der Waals surface area contributed by atoms with Crippen LogP contribution in [0.2, 0.25) is 10.0 Å². The number of rotatable bonds is 4. The SMILES string of the molecule is CCC1CC1(CNC(C)(C)C)c1c(Cl)cccc1Cl. The average Bonchev–Trinajstić information content (AvgIpc) is 3.00. The summed E-state index contributed by atoms with van der Waals surface area (Å²) in [5.74, 6) is 0.680. The van der Waals surface area contributed by atoms with E-state index < -0.39 is 0 Å². The van der Waals surface area contributed by atoms with Crippen molar-refractivity contribution in [2.45, 2.75) is 51.5 Å². The van der Waals surface area contributed by atoms with E-state index in [1.54, 1.807) is 0 Å². The Morgan fingerprint density at radius 1 is 1.26 bits per heavy atom. The van der Waals surface area contributed by atoms with Crippen LogP contribution in [0.25, 0.3) is 0 Å². The molecular weight excluding hydrogens is 277 g/mol. The van der Waals surface area contributed by atoms with E-state index in [4.69, 9.17) is 23.2 Å². The summed E-state index contributed by atoms with van der Waals surface area (Å²) >= 11 is 12.8. The molecule has 0 aliphatic heterocycles. The monoisotopic (exact) mass is 299 g/mol. The summed E-state index contributed by atoms with van der Waals surface area (Å²) in [6.07, 6.45) is 2.35. The van der Waals surface area contributed by atoms with Gasteiger partial charge in [-0.25, -0.2) is 0 Å². The van der Waals surface area contributed by atoms with Crippen molar-refractivity contribution in [2.75, 3.05) is 6.54 Å². The molecule has 0 spiro atoms. The topological polar surface area (TPSA) is 12.0 Å². The maximum absolute atomic E-state index is 6.41. The minimum atomic E-state index is 0.113. The number of benzene rings is 1. The fraction of sp³-hybridized carbons (Fsp3) is 0.625. The van der Waals surface area contributed by atoms with E-state index in [2.05, 4.69) is 33.0 Å². The molecule has 2 unspecified atom stereocenters. The van der Waals surface area contributed by atoms with E-state index in [1.165, 1.54) is 12.8 Å². The van der Waals surface area contributed by atoms with Gasteiger partial charge in [-0.05, 0) is 50.8 Å². The molecule has 2 atom stereocenters. The highest BCUT2D eigenvalue weighted by Gasteiger charge is 2.55. The van der Waals surface area contributed by atoms with Gasteiger partial charge in [0, 0.05) is 27.5 Å². The van der Waals surface area contributed by atoms with Crippen LogP contribution in [0.15, 0.2) is 18.2 Å². The molecule has 1 aliphatic rings. The first-order chi connectivity index (χ1) is 8.80. The van der Waals surface area contributed by atoms with Gasteiger partial charge in [0.1, 0.15) is 0 Å². The van der Waals surface area contributed by atoms with Crippen molar-refractivity contribution in [2.24, 2.45) is 5.92 Å². The molecule has 1 aromatic carbocycles. The first-order valence-electron chi connectivity index (χ1n) is 6.99. The molecule has 0 heterocycles. The summed E-state index contributed by atoms with van der Waals surface area (Å²) in [6, 6.07) is 5.82. The standard InChI is InChI=1S/C16H23Cl2N/c1-5-11-9-16(11,10-19-15(2,3)4)14-12(17)7-6-8-13(14)18/h6-8,11,19H,5,9-10H2,1-4H3. The Kier molecular flexibility index (Phi) is 4.21. The molecule has 1 aliphatic carbocycles. The van der Waals surface area contributed by atoms with Crippen molar-refractivity contribution < 1.29 is 0 Å². The lowest BCUT2D eigenvalue weighted by molar-refractivity contribution is 0.388. The van der Waals surface area contributed by atoms with Gasteiger partial charge in [0.2, 0.25) is 0 Å². The van der Waals surface area contributed by atoms with Crippen LogP contribution < -0.4 is 5.32 Å². The van der Waals surface area contributed by atoms with Crippen molar-refractivity contribution in [1.29, 1.82) is 0 Å². The third-order valence-corrected chi connectivity index (χ3v) is 4.75. The molecule has 106 valence electrons. The molecule has 1 saturated carbocycles. The Morgan fingerprint density at radius 3 is 2.26 bits per heavy atom. The normalized spacial score (nSPS) is 26.5. The third-order valence-electron chi connectivity index (χ3n) is 4.12. The maximum atomic E-state index is 6.41. The van der Waals surface area contributed by atoms with Crippen molar-refractivity contribution in [3.63, 3.8) is 0 Å². The minimum Gasteiger partial charge on any atom is -0.311 e. The highest BCUT2D eigenvalue weighted by Crippen LogP contribution is 2.59. The molecule has 1 fully saturated rings. The van der Waals surface area contributed by atoms with Crippen LogP contribution >= 0.6 is 23.2 Å². The zero-order valence-electron chi connectivity index (χ0n) is 12.2. The van der Waals surface area contributed by atoms with Gasteiger partial charge in [-0.3, -0.25) is 0 Å². The Bertz CT molecular complexity index is 444. The molecule has 0 aromatic heterocycles. The lowest BCUT2D eigenvalue weighted by Crippen LogP contribution is -2.41. The Balaban J connectivity index is 2.31. The van der Waals surface area contributed by atoms with E-state index in [-0.39, 0.29) is 11.0 Å². The lowest BCUT2D eigenvalue weighted by atomic mass is 9.91. The van der Waals surface area contributed by atoms with E-state index in [0.717, 1.165) is 22.2 Å². The van der Waals surface area contributed by atoms with Crippen LogP contribution in [0.4, 0.5) is 0 Å². The maximum Gasteiger partial charge on any atom is 0.0459 e. The van der Waals surface area contributed by atoms with Gasteiger partial charge in [0.15, 0.2) is 0 Å². The first-order valence-corrected chi connectivity index (χ1v) is 7.75. The molecule has 19 heavy (non-hydrogen) atoms. The van der Waals surface area contributed by atoms with E-state index >= 15 is 0 Å².